The molecule has 0 amide bonds. The Morgan fingerprint density at radius 2 is 1.94 bits per heavy atom. The third-order valence-corrected chi connectivity index (χ3v) is 3.55. The van der Waals surface area contributed by atoms with Gasteiger partial charge in [0, 0.05) is 18.3 Å². The highest BCUT2D eigenvalue weighted by Crippen LogP contribution is 2.39. The van der Waals surface area contributed by atoms with Crippen LogP contribution in [0.3, 0.4) is 0 Å². The number of aromatic amines is 1. The van der Waals surface area contributed by atoms with Crippen molar-refractivity contribution in [3.8, 4) is 0 Å². The Labute approximate surface area is 102 Å². The number of hydrogen-bond acceptors (Lipinski definition) is 0. The van der Waals surface area contributed by atoms with Crippen LogP contribution in [0, 0.1) is 6.42 Å². The van der Waals surface area contributed by atoms with Gasteiger partial charge in [-0.3, -0.25) is 0 Å². The Balaban J connectivity index is 2.11. The molecule has 0 aliphatic heterocycles. The molecule has 1 nitrogen and oxygen atoms in total. The maximum Gasteiger partial charge on any atom is 0.0454 e. The van der Waals surface area contributed by atoms with Gasteiger partial charge in [0.2, 0.25) is 0 Å². The maximum absolute atomic E-state index is 3.37. The van der Waals surface area contributed by atoms with Crippen LogP contribution in [0.1, 0.15) is 36.2 Å². The van der Waals surface area contributed by atoms with E-state index in [9.17, 15) is 0 Å². The number of aromatic nitrogens is 1. The number of allylic oxidation sites excluding steroid dienone is 2. The molecule has 1 aliphatic carbocycles. The van der Waals surface area contributed by atoms with Crippen LogP contribution in [0.15, 0.2) is 36.5 Å². The number of nitrogens with one attached hydrogen (secondary N) is 1. The van der Waals surface area contributed by atoms with Crippen molar-refractivity contribution < 1.29 is 0 Å². The lowest BCUT2D eigenvalue weighted by molar-refractivity contribution is 1.13. The highest BCUT2D eigenvalue weighted by Gasteiger charge is 2.21. The van der Waals surface area contributed by atoms with Crippen molar-refractivity contribution in [2.45, 2.75) is 20.3 Å². The number of fused-ring (bicyclic) bond motifs is 1. The highest BCUT2D eigenvalue weighted by atomic mass is 14.7. The van der Waals surface area contributed by atoms with Crippen LogP contribution in [-0.2, 0) is 6.42 Å². The lowest BCUT2D eigenvalue weighted by Gasteiger charge is -2.04. The van der Waals surface area contributed by atoms with E-state index in [4.69, 9.17) is 0 Å². The predicted octanol–water partition coefficient (Wildman–Crippen LogP) is 4.07. The van der Waals surface area contributed by atoms with Crippen molar-refractivity contribution in [2.24, 2.45) is 0 Å². The van der Waals surface area contributed by atoms with E-state index >= 15 is 0 Å². The van der Waals surface area contributed by atoms with Crippen LogP contribution in [-0.4, -0.2) is 4.98 Å². The first kappa shape index (κ1) is 10.4. The summed E-state index contributed by atoms with van der Waals surface area (Å²) < 4.78 is 0. The van der Waals surface area contributed by atoms with Crippen molar-refractivity contribution in [2.75, 3.05) is 0 Å². The molecule has 0 bridgehead atoms. The monoisotopic (exact) mass is 222 g/mol. The molecular weight excluding hydrogens is 206 g/mol. The summed E-state index contributed by atoms with van der Waals surface area (Å²) in [5, 5.41) is 0. The summed E-state index contributed by atoms with van der Waals surface area (Å²) >= 11 is 0. The van der Waals surface area contributed by atoms with Crippen LogP contribution in [0.2, 0.25) is 0 Å². The minimum Gasteiger partial charge on any atom is -0.361 e. The van der Waals surface area contributed by atoms with Gasteiger partial charge >= 0.3 is 0 Å². The molecule has 1 aromatic carbocycles. The average Bonchev–Trinajstić information content (AvgIpc) is 2.94. The second-order valence-electron chi connectivity index (χ2n) is 4.50. The van der Waals surface area contributed by atoms with Crippen molar-refractivity contribution in [3.63, 3.8) is 0 Å². The normalized spacial score (nSPS) is 14.2. The molecule has 1 radical (unpaired) electrons. The Morgan fingerprint density at radius 3 is 2.71 bits per heavy atom. The van der Waals surface area contributed by atoms with E-state index in [1.807, 2.05) is 6.20 Å². The molecule has 0 saturated heterocycles. The second-order valence-corrected chi connectivity index (χ2v) is 4.50. The molecule has 0 spiro atoms. The SMILES string of the molecule is CCc1cc[nH]c1C1=C(C)c2ccccc2[CH]1. The van der Waals surface area contributed by atoms with Crippen molar-refractivity contribution in [3.05, 3.63) is 65.3 Å². The van der Waals surface area contributed by atoms with E-state index in [0.717, 1.165) is 6.42 Å². The fraction of sp³-hybridized carbons (Fsp3) is 0.188. The molecule has 85 valence electrons. The van der Waals surface area contributed by atoms with Crippen molar-refractivity contribution in [1.82, 2.24) is 4.98 Å². The lowest BCUT2D eigenvalue weighted by atomic mass is 10.0. The summed E-state index contributed by atoms with van der Waals surface area (Å²) in [6, 6.07) is 10.8. The molecule has 1 aliphatic rings. The van der Waals surface area contributed by atoms with Gasteiger partial charge in [0.1, 0.15) is 0 Å². The first-order chi connectivity index (χ1) is 8.31. The minimum absolute atomic E-state index is 1.07. The fourth-order valence-electron chi connectivity index (χ4n) is 2.58. The number of hydrogen-bond donors (Lipinski definition) is 1. The van der Waals surface area contributed by atoms with Gasteiger partial charge in [-0.1, -0.05) is 31.2 Å². The van der Waals surface area contributed by atoms with E-state index in [1.165, 1.54) is 33.5 Å². The van der Waals surface area contributed by atoms with Crippen LogP contribution >= 0.6 is 0 Å². The van der Waals surface area contributed by atoms with Gasteiger partial charge in [0.25, 0.3) is 0 Å². The van der Waals surface area contributed by atoms with E-state index in [0.29, 0.717) is 0 Å². The van der Waals surface area contributed by atoms with Gasteiger partial charge in [-0.25, -0.2) is 0 Å². The van der Waals surface area contributed by atoms with Gasteiger partial charge in [-0.2, -0.15) is 0 Å². The number of H-pyrrole nitrogens is 1. The third-order valence-electron chi connectivity index (χ3n) is 3.55. The maximum atomic E-state index is 3.37. The van der Waals surface area contributed by atoms with E-state index in [1.54, 1.807) is 0 Å². The zero-order valence-corrected chi connectivity index (χ0v) is 10.2. The summed E-state index contributed by atoms with van der Waals surface area (Å²) in [6.07, 6.45) is 5.39. The van der Waals surface area contributed by atoms with E-state index in [-0.39, 0.29) is 0 Å². The lowest BCUT2D eigenvalue weighted by Crippen LogP contribution is -1.89. The Morgan fingerprint density at radius 1 is 1.12 bits per heavy atom. The quantitative estimate of drug-likeness (QED) is 0.788. The zero-order chi connectivity index (χ0) is 11.8. The Hall–Kier alpha value is -1.76. The molecule has 0 unspecified atom stereocenters. The number of rotatable bonds is 2. The summed E-state index contributed by atoms with van der Waals surface area (Å²) in [5.74, 6) is 0. The standard InChI is InChI=1S/C16H16N/c1-3-12-8-9-17-16(12)15-10-13-6-4-5-7-14(13)11(15)2/h4-10,17H,3H2,1-2H3. The molecule has 3 rings (SSSR count). The highest BCUT2D eigenvalue weighted by molar-refractivity contribution is 6.01. The minimum atomic E-state index is 1.07. The number of benzene rings is 1. The molecule has 0 fully saturated rings. The first-order valence-electron chi connectivity index (χ1n) is 6.13. The summed E-state index contributed by atoms with van der Waals surface area (Å²) in [4.78, 5) is 3.37. The molecule has 1 heteroatoms. The van der Waals surface area contributed by atoms with E-state index < -0.39 is 0 Å². The molecule has 1 N–H and O–H groups in total. The molecule has 0 saturated carbocycles. The summed E-state index contributed by atoms with van der Waals surface area (Å²) in [7, 11) is 0. The molecule has 2 aromatic rings. The van der Waals surface area contributed by atoms with Gasteiger partial charge in [0.15, 0.2) is 0 Å². The first-order valence-corrected chi connectivity index (χ1v) is 6.13. The molecule has 1 aromatic heterocycles. The molecule has 17 heavy (non-hydrogen) atoms. The number of aryl methyl sites for hydroxylation is 1. The average molecular weight is 222 g/mol. The molecule has 1 heterocycles. The predicted molar refractivity (Wildman–Crippen MR) is 72.5 cm³/mol. The summed E-state index contributed by atoms with van der Waals surface area (Å²) in [5.41, 5.74) is 8.08. The molecular formula is C16H16N. The van der Waals surface area contributed by atoms with Crippen molar-refractivity contribution >= 4 is 11.1 Å². The Kier molecular flexibility index (Phi) is 2.40. The van der Waals surface area contributed by atoms with Gasteiger partial charge in [-0.05, 0) is 47.2 Å². The smallest absolute Gasteiger partial charge is 0.0454 e. The van der Waals surface area contributed by atoms with Crippen LogP contribution < -0.4 is 0 Å². The largest absolute Gasteiger partial charge is 0.361 e. The van der Waals surface area contributed by atoms with Crippen LogP contribution in [0.25, 0.3) is 11.1 Å². The van der Waals surface area contributed by atoms with E-state index in [2.05, 4.69) is 55.6 Å². The third kappa shape index (κ3) is 1.54. The second kappa shape index (κ2) is 3.92. The van der Waals surface area contributed by atoms with Crippen LogP contribution in [0.4, 0.5) is 0 Å². The zero-order valence-electron chi connectivity index (χ0n) is 10.2. The van der Waals surface area contributed by atoms with Crippen molar-refractivity contribution in [1.29, 1.82) is 0 Å². The van der Waals surface area contributed by atoms with Gasteiger partial charge in [-0.15, -0.1) is 0 Å². The topological polar surface area (TPSA) is 15.8 Å². The summed E-state index contributed by atoms with van der Waals surface area (Å²) in [6.45, 7) is 4.41. The van der Waals surface area contributed by atoms with Gasteiger partial charge < -0.3 is 4.98 Å². The van der Waals surface area contributed by atoms with Gasteiger partial charge in [0.05, 0.1) is 0 Å². The fourth-order valence-corrected chi connectivity index (χ4v) is 2.58. The van der Waals surface area contributed by atoms with Crippen LogP contribution in [0.5, 0.6) is 0 Å². The molecule has 0 atom stereocenters. The Bertz CT molecular complexity index is 587.